The number of hydrogen-bond acceptors (Lipinski definition) is 3. The van der Waals surface area contributed by atoms with Crippen molar-refractivity contribution in [2.75, 3.05) is 13.6 Å². The minimum Gasteiger partial charge on any atom is -0.481 e. The number of nitrogens with zero attached hydrogens (tertiary/aromatic N) is 1. The van der Waals surface area contributed by atoms with Gasteiger partial charge in [0.05, 0.1) is 0 Å². The minimum atomic E-state index is -3.46. The van der Waals surface area contributed by atoms with E-state index in [2.05, 4.69) is 4.72 Å². The lowest BCUT2D eigenvalue weighted by Crippen LogP contribution is -2.43. The second-order valence-electron chi connectivity index (χ2n) is 4.50. The lowest BCUT2D eigenvalue weighted by molar-refractivity contribution is -0.137. The molecule has 0 aliphatic heterocycles. The van der Waals surface area contributed by atoms with Crippen molar-refractivity contribution in [1.82, 2.24) is 9.03 Å². The van der Waals surface area contributed by atoms with Crippen LogP contribution in [0.4, 0.5) is 0 Å². The molecule has 7 heteroatoms. The zero-order chi connectivity index (χ0) is 13.6. The molecule has 17 heavy (non-hydrogen) atoms. The summed E-state index contributed by atoms with van der Waals surface area (Å²) in [6, 6.07) is -0.109. The molecule has 1 unspecified atom stereocenters. The second-order valence-corrected chi connectivity index (χ2v) is 6.32. The molecular weight excluding hydrogens is 244 g/mol. The molecule has 0 bridgehead atoms. The highest BCUT2D eigenvalue weighted by Gasteiger charge is 2.20. The van der Waals surface area contributed by atoms with Crippen molar-refractivity contribution in [2.45, 2.75) is 39.7 Å². The first-order valence-corrected chi connectivity index (χ1v) is 7.05. The van der Waals surface area contributed by atoms with Crippen LogP contribution in [0.3, 0.4) is 0 Å². The van der Waals surface area contributed by atoms with Crippen LogP contribution in [0.2, 0.25) is 0 Å². The van der Waals surface area contributed by atoms with Crippen molar-refractivity contribution in [2.24, 2.45) is 5.92 Å². The van der Waals surface area contributed by atoms with Gasteiger partial charge in [-0.05, 0) is 26.2 Å². The zero-order valence-electron chi connectivity index (χ0n) is 10.8. The average molecular weight is 266 g/mol. The van der Waals surface area contributed by atoms with Crippen molar-refractivity contribution in [3.05, 3.63) is 0 Å². The molecule has 0 amide bonds. The highest BCUT2D eigenvalue weighted by molar-refractivity contribution is 7.87. The van der Waals surface area contributed by atoms with Crippen molar-refractivity contribution in [3.8, 4) is 0 Å². The van der Waals surface area contributed by atoms with Gasteiger partial charge in [0.2, 0.25) is 0 Å². The highest BCUT2D eigenvalue weighted by atomic mass is 32.2. The van der Waals surface area contributed by atoms with Crippen LogP contribution in [0.25, 0.3) is 0 Å². The molecule has 0 rings (SSSR count). The molecule has 0 aromatic carbocycles. The van der Waals surface area contributed by atoms with E-state index >= 15 is 0 Å². The van der Waals surface area contributed by atoms with Crippen molar-refractivity contribution < 1.29 is 18.3 Å². The zero-order valence-corrected chi connectivity index (χ0v) is 11.6. The summed E-state index contributed by atoms with van der Waals surface area (Å²) in [5, 5.41) is 8.50. The van der Waals surface area contributed by atoms with E-state index in [1.54, 1.807) is 13.8 Å². The van der Waals surface area contributed by atoms with Crippen LogP contribution in [0.1, 0.15) is 33.6 Å². The van der Waals surface area contributed by atoms with E-state index in [9.17, 15) is 13.2 Å². The standard InChI is InChI=1S/C10H22N2O4S/c1-8(2)12(4)17(15,16)11-7-9(3)5-6-10(13)14/h8-9,11H,5-7H2,1-4H3,(H,13,14). The number of carboxylic acid groups (broad SMARTS) is 1. The molecule has 2 N–H and O–H groups in total. The molecule has 0 saturated carbocycles. The van der Waals surface area contributed by atoms with Gasteiger partial charge in [-0.25, -0.2) is 4.72 Å². The van der Waals surface area contributed by atoms with Gasteiger partial charge in [0.15, 0.2) is 0 Å². The lowest BCUT2D eigenvalue weighted by Gasteiger charge is -2.22. The smallest absolute Gasteiger partial charge is 0.303 e. The predicted molar refractivity (Wildman–Crippen MR) is 65.9 cm³/mol. The van der Waals surface area contributed by atoms with E-state index in [4.69, 9.17) is 5.11 Å². The normalized spacial score (nSPS) is 14.2. The van der Waals surface area contributed by atoms with Gasteiger partial charge in [-0.3, -0.25) is 4.79 Å². The summed E-state index contributed by atoms with van der Waals surface area (Å²) >= 11 is 0. The molecule has 0 saturated heterocycles. The highest BCUT2D eigenvalue weighted by Crippen LogP contribution is 2.06. The van der Waals surface area contributed by atoms with E-state index in [0.29, 0.717) is 6.42 Å². The Labute approximate surface area is 103 Å². The first-order chi connectivity index (χ1) is 7.66. The van der Waals surface area contributed by atoms with Gasteiger partial charge in [-0.1, -0.05) is 6.92 Å². The largest absolute Gasteiger partial charge is 0.481 e. The number of carboxylic acids is 1. The van der Waals surface area contributed by atoms with Crippen LogP contribution in [-0.4, -0.2) is 43.4 Å². The third-order valence-corrected chi connectivity index (χ3v) is 4.28. The maximum Gasteiger partial charge on any atom is 0.303 e. The van der Waals surface area contributed by atoms with Gasteiger partial charge >= 0.3 is 5.97 Å². The number of rotatable bonds is 8. The van der Waals surface area contributed by atoms with Crippen LogP contribution in [0, 0.1) is 5.92 Å². The summed E-state index contributed by atoms with van der Waals surface area (Å²) in [5.41, 5.74) is 0. The van der Waals surface area contributed by atoms with Crippen molar-refractivity contribution in [1.29, 1.82) is 0 Å². The third kappa shape index (κ3) is 6.60. The first-order valence-electron chi connectivity index (χ1n) is 5.61. The second kappa shape index (κ2) is 6.93. The molecule has 0 aliphatic carbocycles. The van der Waals surface area contributed by atoms with Crippen LogP contribution in [0.5, 0.6) is 0 Å². The molecule has 102 valence electrons. The molecule has 0 spiro atoms. The fourth-order valence-electron chi connectivity index (χ4n) is 1.10. The van der Waals surface area contributed by atoms with Crippen molar-refractivity contribution >= 4 is 16.2 Å². The topological polar surface area (TPSA) is 86.7 Å². The van der Waals surface area contributed by atoms with E-state index in [1.807, 2.05) is 6.92 Å². The summed E-state index contributed by atoms with van der Waals surface area (Å²) in [6.45, 7) is 5.65. The maximum absolute atomic E-state index is 11.7. The van der Waals surface area contributed by atoms with E-state index in [-0.39, 0.29) is 24.9 Å². The van der Waals surface area contributed by atoms with E-state index in [1.165, 1.54) is 11.4 Å². The van der Waals surface area contributed by atoms with Gasteiger partial charge < -0.3 is 5.11 Å². The predicted octanol–water partition coefficient (Wildman–Crippen LogP) is 0.662. The quantitative estimate of drug-likeness (QED) is 0.675. The summed E-state index contributed by atoms with van der Waals surface area (Å²) < 4.78 is 27.1. The summed E-state index contributed by atoms with van der Waals surface area (Å²) in [6.07, 6.45) is 0.520. The van der Waals surface area contributed by atoms with Crippen LogP contribution < -0.4 is 4.72 Å². The molecule has 0 heterocycles. The fourth-order valence-corrected chi connectivity index (χ4v) is 2.35. The Morgan fingerprint density at radius 3 is 2.29 bits per heavy atom. The van der Waals surface area contributed by atoms with Crippen molar-refractivity contribution in [3.63, 3.8) is 0 Å². The van der Waals surface area contributed by atoms with Gasteiger partial charge in [-0.15, -0.1) is 0 Å². The van der Waals surface area contributed by atoms with Crippen LogP contribution in [0.15, 0.2) is 0 Å². The Hall–Kier alpha value is -0.660. The molecule has 0 aromatic rings. The molecule has 0 aliphatic rings. The van der Waals surface area contributed by atoms with Gasteiger partial charge in [-0.2, -0.15) is 12.7 Å². The number of carbonyl (C=O) groups is 1. The molecule has 1 atom stereocenters. The van der Waals surface area contributed by atoms with Crippen LogP contribution >= 0.6 is 0 Å². The average Bonchev–Trinajstić information content (AvgIpc) is 2.22. The Morgan fingerprint density at radius 2 is 1.88 bits per heavy atom. The fraction of sp³-hybridized carbons (Fsp3) is 0.900. The van der Waals surface area contributed by atoms with E-state index in [0.717, 1.165) is 0 Å². The summed E-state index contributed by atoms with van der Waals surface area (Å²) in [4.78, 5) is 10.4. The summed E-state index contributed by atoms with van der Waals surface area (Å²) in [5.74, 6) is -0.861. The first kappa shape index (κ1) is 16.3. The molecule has 0 aromatic heterocycles. The number of nitrogens with one attached hydrogen (secondary N) is 1. The van der Waals surface area contributed by atoms with Gasteiger partial charge in [0.1, 0.15) is 0 Å². The maximum atomic E-state index is 11.7. The summed E-state index contributed by atoms with van der Waals surface area (Å²) in [7, 11) is -1.95. The van der Waals surface area contributed by atoms with Gasteiger partial charge in [0, 0.05) is 26.1 Å². The molecule has 0 fully saturated rings. The third-order valence-electron chi connectivity index (χ3n) is 2.57. The Morgan fingerprint density at radius 1 is 1.35 bits per heavy atom. The van der Waals surface area contributed by atoms with Gasteiger partial charge in [0.25, 0.3) is 10.2 Å². The monoisotopic (exact) mass is 266 g/mol. The Bertz CT molecular complexity index is 340. The molecule has 0 radical (unpaired) electrons. The Kier molecular flexibility index (Phi) is 6.66. The van der Waals surface area contributed by atoms with Crippen LogP contribution in [-0.2, 0) is 15.0 Å². The lowest BCUT2D eigenvalue weighted by atomic mass is 10.1. The number of hydrogen-bond donors (Lipinski definition) is 2. The Balaban J connectivity index is 4.14. The molecule has 6 nitrogen and oxygen atoms in total. The molecular formula is C10H22N2O4S. The van der Waals surface area contributed by atoms with E-state index < -0.39 is 16.2 Å². The number of aliphatic carboxylic acids is 1. The minimum absolute atomic E-state index is 0.00133. The SMILES string of the molecule is CC(CCC(=O)O)CNS(=O)(=O)N(C)C(C)C.